The normalized spacial score (nSPS) is 10.6. The summed E-state index contributed by atoms with van der Waals surface area (Å²) in [6, 6.07) is 14.9. The SMILES string of the molecule is O=C(N/C=C/c1ccccc1Cl)NCc1cccc(Br)c1. The van der Waals surface area contributed by atoms with Gasteiger partial charge < -0.3 is 10.6 Å². The van der Waals surface area contributed by atoms with Gasteiger partial charge in [-0.2, -0.15) is 0 Å². The molecule has 0 aliphatic rings. The van der Waals surface area contributed by atoms with Gasteiger partial charge in [-0.15, -0.1) is 0 Å². The van der Waals surface area contributed by atoms with Gasteiger partial charge in [-0.25, -0.2) is 4.79 Å². The van der Waals surface area contributed by atoms with Crippen molar-refractivity contribution in [2.45, 2.75) is 6.54 Å². The van der Waals surface area contributed by atoms with E-state index in [2.05, 4.69) is 26.6 Å². The smallest absolute Gasteiger partial charge is 0.319 e. The van der Waals surface area contributed by atoms with Crippen LogP contribution in [0.15, 0.2) is 59.2 Å². The Hall–Kier alpha value is -1.78. The fourth-order valence-corrected chi connectivity index (χ4v) is 2.34. The number of carbonyl (C=O) groups excluding carboxylic acids is 1. The summed E-state index contributed by atoms with van der Waals surface area (Å²) < 4.78 is 0.987. The Morgan fingerprint density at radius 3 is 2.76 bits per heavy atom. The van der Waals surface area contributed by atoms with Crippen molar-refractivity contribution in [3.63, 3.8) is 0 Å². The Labute approximate surface area is 137 Å². The monoisotopic (exact) mass is 364 g/mol. The van der Waals surface area contributed by atoms with Crippen molar-refractivity contribution in [2.75, 3.05) is 0 Å². The van der Waals surface area contributed by atoms with E-state index in [1.54, 1.807) is 18.3 Å². The fraction of sp³-hybridized carbons (Fsp3) is 0.0625. The molecule has 0 aliphatic heterocycles. The van der Waals surface area contributed by atoms with E-state index in [4.69, 9.17) is 11.6 Å². The van der Waals surface area contributed by atoms with Crippen LogP contribution < -0.4 is 10.6 Å². The second kappa shape index (κ2) is 7.86. The number of benzene rings is 2. The Morgan fingerprint density at radius 1 is 1.19 bits per heavy atom. The zero-order chi connectivity index (χ0) is 15.1. The maximum absolute atomic E-state index is 11.7. The van der Waals surface area contributed by atoms with Crippen molar-refractivity contribution in [2.24, 2.45) is 0 Å². The van der Waals surface area contributed by atoms with Gasteiger partial charge in [0.15, 0.2) is 0 Å². The first kappa shape index (κ1) is 15.6. The van der Waals surface area contributed by atoms with Gasteiger partial charge in [0.1, 0.15) is 0 Å². The zero-order valence-electron chi connectivity index (χ0n) is 11.1. The third kappa shape index (κ3) is 5.25. The van der Waals surface area contributed by atoms with Crippen LogP contribution in [0.25, 0.3) is 6.08 Å². The molecule has 2 aromatic rings. The number of hydrogen-bond donors (Lipinski definition) is 2. The number of rotatable bonds is 4. The van der Waals surface area contributed by atoms with Crippen LogP contribution in [0, 0.1) is 0 Å². The van der Waals surface area contributed by atoms with Crippen molar-refractivity contribution in [1.82, 2.24) is 10.6 Å². The highest BCUT2D eigenvalue weighted by Crippen LogP contribution is 2.15. The molecule has 2 N–H and O–H groups in total. The lowest BCUT2D eigenvalue weighted by Crippen LogP contribution is -2.31. The first-order valence-corrected chi connectivity index (χ1v) is 7.52. The number of carbonyl (C=O) groups is 1. The Balaban J connectivity index is 1.81. The lowest BCUT2D eigenvalue weighted by atomic mass is 10.2. The standard InChI is InChI=1S/C16H14BrClN2O/c17-14-6-3-4-12(10-14)11-20-16(21)19-9-8-13-5-1-2-7-15(13)18/h1-10H,11H2,(H2,19,20,21)/b9-8+. The topological polar surface area (TPSA) is 41.1 Å². The molecule has 0 aromatic heterocycles. The molecule has 0 saturated heterocycles. The Kier molecular flexibility index (Phi) is 5.84. The molecule has 0 spiro atoms. The Bertz CT molecular complexity index is 658. The van der Waals surface area contributed by atoms with Gasteiger partial charge >= 0.3 is 6.03 Å². The first-order chi connectivity index (χ1) is 10.1. The maximum Gasteiger partial charge on any atom is 0.319 e. The number of hydrogen-bond acceptors (Lipinski definition) is 1. The summed E-state index contributed by atoms with van der Waals surface area (Å²) in [6.07, 6.45) is 3.32. The van der Waals surface area contributed by atoms with E-state index >= 15 is 0 Å². The van der Waals surface area contributed by atoms with Gasteiger partial charge in [0.2, 0.25) is 0 Å². The molecule has 3 nitrogen and oxygen atoms in total. The molecule has 0 bridgehead atoms. The summed E-state index contributed by atoms with van der Waals surface area (Å²) in [5.41, 5.74) is 1.88. The van der Waals surface area contributed by atoms with E-state index in [9.17, 15) is 4.79 Å². The van der Waals surface area contributed by atoms with E-state index < -0.39 is 0 Å². The molecule has 108 valence electrons. The fourth-order valence-electron chi connectivity index (χ4n) is 1.70. The predicted octanol–water partition coefficient (Wildman–Crippen LogP) is 4.57. The van der Waals surface area contributed by atoms with E-state index in [0.717, 1.165) is 15.6 Å². The van der Waals surface area contributed by atoms with Gasteiger partial charge in [0.05, 0.1) is 0 Å². The predicted molar refractivity (Wildman–Crippen MR) is 90.0 cm³/mol. The van der Waals surface area contributed by atoms with Crippen LogP contribution >= 0.6 is 27.5 Å². The van der Waals surface area contributed by atoms with Gasteiger partial charge in [0, 0.05) is 22.2 Å². The molecule has 2 aromatic carbocycles. The molecular formula is C16H14BrClN2O. The molecule has 0 atom stereocenters. The summed E-state index contributed by atoms with van der Waals surface area (Å²) >= 11 is 9.40. The highest BCUT2D eigenvalue weighted by Gasteiger charge is 1.99. The molecule has 5 heteroatoms. The van der Waals surface area contributed by atoms with Crippen molar-refractivity contribution in [1.29, 1.82) is 0 Å². The second-order valence-corrected chi connectivity index (χ2v) is 5.63. The summed E-state index contributed by atoms with van der Waals surface area (Å²) in [6.45, 7) is 0.463. The highest BCUT2D eigenvalue weighted by atomic mass is 79.9. The van der Waals surface area contributed by atoms with Crippen molar-refractivity contribution >= 4 is 39.6 Å². The number of halogens is 2. The third-order valence-corrected chi connectivity index (χ3v) is 3.56. The molecule has 0 radical (unpaired) electrons. The van der Waals surface area contributed by atoms with Crippen LogP contribution in [-0.4, -0.2) is 6.03 Å². The maximum atomic E-state index is 11.7. The third-order valence-electron chi connectivity index (χ3n) is 2.72. The van der Waals surface area contributed by atoms with E-state index in [-0.39, 0.29) is 6.03 Å². The van der Waals surface area contributed by atoms with Crippen LogP contribution in [0.2, 0.25) is 5.02 Å². The van der Waals surface area contributed by atoms with Gasteiger partial charge in [-0.05, 0) is 35.4 Å². The summed E-state index contributed by atoms with van der Waals surface area (Å²) in [7, 11) is 0. The van der Waals surface area contributed by atoms with Crippen LogP contribution in [-0.2, 0) is 6.54 Å². The quantitative estimate of drug-likeness (QED) is 0.818. The van der Waals surface area contributed by atoms with Crippen LogP contribution in [0.1, 0.15) is 11.1 Å². The molecule has 2 amide bonds. The minimum absolute atomic E-state index is 0.265. The van der Waals surface area contributed by atoms with Gasteiger partial charge in [-0.1, -0.05) is 57.9 Å². The molecular weight excluding hydrogens is 352 g/mol. The average Bonchev–Trinajstić information content (AvgIpc) is 2.47. The number of urea groups is 1. The Morgan fingerprint density at radius 2 is 2.00 bits per heavy atom. The summed E-state index contributed by atoms with van der Waals surface area (Å²) in [5.74, 6) is 0. The molecule has 0 aliphatic carbocycles. The first-order valence-electron chi connectivity index (χ1n) is 6.35. The largest absolute Gasteiger partial charge is 0.334 e. The molecule has 0 saturated carbocycles. The second-order valence-electron chi connectivity index (χ2n) is 4.31. The average molecular weight is 366 g/mol. The summed E-state index contributed by atoms with van der Waals surface area (Å²) in [5, 5.41) is 6.06. The van der Waals surface area contributed by atoms with Crippen molar-refractivity contribution in [3.8, 4) is 0 Å². The van der Waals surface area contributed by atoms with Gasteiger partial charge in [0.25, 0.3) is 0 Å². The minimum atomic E-state index is -0.265. The van der Waals surface area contributed by atoms with Gasteiger partial charge in [-0.3, -0.25) is 0 Å². The van der Waals surface area contributed by atoms with E-state index in [1.165, 1.54) is 0 Å². The van der Waals surface area contributed by atoms with Crippen LogP contribution in [0.4, 0.5) is 4.79 Å². The molecule has 2 rings (SSSR count). The van der Waals surface area contributed by atoms with Crippen molar-refractivity contribution < 1.29 is 4.79 Å². The van der Waals surface area contributed by atoms with Crippen LogP contribution in [0.3, 0.4) is 0 Å². The molecule has 0 unspecified atom stereocenters. The molecule has 0 fully saturated rings. The number of amides is 2. The van der Waals surface area contributed by atoms with Crippen molar-refractivity contribution in [3.05, 3.63) is 75.4 Å². The van der Waals surface area contributed by atoms with E-state index in [0.29, 0.717) is 11.6 Å². The zero-order valence-corrected chi connectivity index (χ0v) is 13.5. The molecule has 21 heavy (non-hydrogen) atoms. The van der Waals surface area contributed by atoms with E-state index in [1.807, 2.05) is 42.5 Å². The molecule has 0 heterocycles. The summed E-state index contributed by atoms with van der Waals surface area (Å²) in [4.78, 5) is 11.7. The minimum Gasteiger partial charge on any atom is -0.334 e. The lowest BCUT2D eigenvalue weighted by molar-refractivity contribution is 0.244. The lowest BCUT2D eigenvalue weighted by Gasteiger charge is -2.05. The highest BCUT2D eigenvalue weighted by molar-refractivity contribution is 9.10. The van der Waals surface area contributed by atoms with Crippen LogP contribution in [0.5, 0.6) is 0 Å². The number of nitrogens with one attached hydrogen (secondary N) is 2.